The zero-order valence-electron chi connectivity index (χ0n) is 26.0. The van der Waals surface area contributed by atoms with E-state index in [1.165, 1.54) is 5.56 Å². The van der Waals surface area contributed by atoms with Gasteiger partial charge in [-0.25, -0.2) is 4.79 Å². The van der Waals surface area contributed by atoms with Crippen LogP contribution in [0.2, 0.25) is 0 Å². The van der Waals surface area contributed by atoms with E-state index >= 15 is 0 Å². The van der Waals surface area contributed by atoms with Crippen LogP contribution in [-0.2, 0) is 11.3 Å². The van der Waals surface area contributed by atoms with Crippen LogP contribution in [0.25, 0.3) is 0 Å². The third kappa shape index (κ3) is 10.3. The number of aromatic nitrogens is 1. The van der Waals surface area contributed by atoms with Crippen LogP contribution in [0, 0.1) is 5.92 Å². The Kier molecular flexibility index (Phi) is 13.0. The Balaban J connectivity index is 1.90. The van der Waals surface area contributed by atoms with Crippen LogP contribution < -0.4 is 15.4 Å². The van der Waals surface area contributed by atoms with Gasteiger partial charge in [0.15, 0.2) is 0 Å². The first-order valence-corrected chi connectivity index (χ1v) is 15.1. The first-order chi connectivity index (χ1) is 20.1. The van der Waals surface area contributed by atoms with Crippen LogP contribution in [0.3, 0.4) is 0 Å². The van der Waals surface area contributed by atoms with E-state index < -0.39 is 6.04 Å². The molecule has 2 heterocycles. The number of ether oxygens (including phenoxy) is 2. The average Bonchev–Trinajstić information content (AvgIpc) is 2.94. The van der Waals surface area contributed by atoms with Crippen molar-refractivity contribution >= 4 is 17.6 Å². The topological polar surface area (TPSA) is 116 Å². The second-order valence-electron chi connectivity index (χ2n) is 11.8. The second-order valence-corrected chi connectivity index (χ2v) is 11.8. The molecule has 0 spiro atoms. The molecule has 10 nitrogen and oxygen atoms in total. The number of hydrogen-bond donors (Lipinski definition) is 3. The monoisotopic (exact) mass is 583 g/mol. The molecule has 1 aliphatic rings. The summed E-state index contributed by atoms with van der Waals surface area (Å²) in [5, 5.41) is 15.8. The molecule has 0 saturated heterocycles. The molecule has 0 fully saturated rings. The van der Waals surface area contributed by atoms with Crippen molar-refractivity contribution in [2.75, 3.05) is 38.7 Å². The van der Waals surface area contributed by atoms with E-state index in [1.807, 2.05) is 39.8 Å². The van der Waals surface area contributed by atoms with Gasteiger partial charge in [0.2, 0.25) is 0 Å². The van der Waals surface area contributed by atoms with E-state index in [9.17, 15) is 14.7 Å². The Morgan fingerprint density at radius 1 is 1.17 bits per heavy atom. The van der Waals surface area contributed by atoms with Crippen LogP contribution in [0.1, 0.15) is 69.8 Å². The molecule has 10 heteroatoms. The Morgan fingerprint density at radius 2 is 1.90 bits per heavy atom. The number of rotatable bonds is 8. The molecule has 4 atom stereocenters. The molecule has 1 aliphatic heterocycles. The van der Waals surface area contributed by atoms with Gasteiger partial charge in [-0.1, -0.05) is 6.92 Å². The summed E-state index contributed by atoms with van der Waals surface area (Å²) >= 11 is 0. The standard InChI is InChI=1S/C32H49N5O5/c1-22(2)34-32(40)35-27-10-11-29-28(17-27)31(39)37(24(4)21-38)18-23(3)30(41-16-8-7-9-25(5)42-29)20-36(6)19-26-12-14-33-15-13-26/h10-15,17,22-25,30,38H,7-9,16,18-21H2,1-6H3,(H2,34,35,40)/t23-,24-,25+,30-/m1/s1. The van der Waals surface area contributed by atoms with E-state index in [0.717, 1.165) is 25.8 Å². The van der Waals surface area contributed by atoms with Crippen molar-refractivity contribution in [3.8, 4) is 5.75 Å². The lowest BCUT2D eigenvalue weighted by molar-refractivity contribution is -0.0177. The van der Waals surface area contributed by atoms with Gasteiger partial charge in [-0.15, -0.1) is 0 Å². The number of pyridine rings is 1. The molecule has 3 rings (SSSR count). The van der Waals surface area contributed by atoms with E-state index in [4.69, 9.17) is 9.47 Å². The van der Waals surface area contributed by atoms with Gasteiger partial charge in [-0.05, 0) is 89.9 Å². The van der Waals surface area contributed by atoms with Gasteiger partial charge in [-0.3, -0.25) is 14.7 Å². The molecular formula is C32H49N5O5. The number of hydrogen-bond acceptors (Lipinski definition) is 7. The van der Waals surface area contributed by atoms with Crippen LogP contribution in [0.5, 0.6) is 5.75 Å². The number of carbonyl (C=O) groups excluding carboxylic acids is 2. The summed E-state index contributed by atoms with van der Waals surface area (Å²) in [5.41, 5.74) is 2.01. The molecule has 1 aromatic heterocycles. The van der Waals surface area contributed by atoms with Gasteiger partial charge in [0, 0.05) is 56.3 Å². The number of amides is 3. The molecular weight excluding hydrogens is 534 g/mol. The fourth-order valence-corrected chi connectivity index (χ4v) is 5.06. The number of anilines is 1. The van der Waals surface area contributed by atoms with Gasteiger partial charge in [-0.2, -0.15) is 0 Å². The Bertz CT molecular complexity index is 1130. The van der Waals surface area contributed by atoms with Gasteiger partial charge < -0.3 is 30.1 Å². The molecule has 0 aliphatic carbocycles. The maximum atomic E-state index is 14.2. The van der Waals surface area contributed by atoms with Crippen molar-refractivity contribution < 1.29 is 24.2 Å². The van der Waals surface area contributed by atoms with Gasteiger partial charge in [0.05, 0.1) is 30.4 Å². The zero-order valence-corrected chi connectivity index (χ0v) is 26.0. The second kappa shape index (κ2) is 16.4. The van der Waals surface area contributed by atoms with Crippen LogP contribution >= 0.6 is 0 Å². The first kappa shape index (κ1) is 33.3. The normalized spacial score (nSPS) is 21.3. The lowest BCUT2D eigenvalue weighted by Gasteiger charge is -2.36. The lowest BCUT2D eigenvalue weighted by atomic mass is 10.0. The van der Waals surface area contributed by atoms with Crippen molar-refractivity contribution in [1.29, 1.82) is 0 Å². The number of nitrogens with one attached hydrogen (secondary N) is 2. The molecule has 0 unspecified atom stereocenters. The third-order valence-corrected chi connectivity index (χ3v) is 7.42. The van der Waals surface area contributed by atoms with E-state index in [2.05, 4.69) is 34.5 Å². The van der Waals surface area contributed by atoms with Gasteiger partial charge in [0.25, 0.3) is 5.91 Å². The maximum Gasteiger partial charge on any atom is 0.319 e. The Hall–Kier alpha value is -3.21. The summed E-state index contributed by atoms with van der Waals surface area (Å²) in [5.74, 6) is 0.179. The zero-order chi connectivity index (χ0) is 30.6. The molecule has 0 saturated carbocycles. The number of likely N-dealkylation sites (N-methyl/N-ethyl adjacent to an activating group) is 1. The highest BCUT2D eigenvalue weighted by Crippen LogP contribution is 2.28. The fourth-order valence-electron chi connectivity index (χ4n) is 5.06. The number of nitrogens with zero attached hydrogens (tertiary/aromatic N) is 3. The van der Waals surface area contributed by atoms with Crippen LogP contribution in [0.4, 0.5) is 10.5 Å². The first-order valence-electron chi connectivity index (χ1n) is 15.1. The molecule has 2 aromatic rings. The summed E-state index contributed by atoms with van der Waals surface area (Å²) in [4.78, 5) is 34.6. The molecule has 3 amide bonds. The number of aliphatic hydroxyl groups excluding tert-OH is 1. The maximum absolute atomic E-state index is 14.2. The van der Waals surface area contributed by atoms with Crippen molar-refractivity contribution in [2.45, 2.75) is 84.7 Å². The number of benzene rings is 1. The molecule has 232 valence electrons. The fraction of sp³-hybridized carbons (Fsp3) is 0.594. The van der Waals surface area contributed by atoms with Gasteiger partial charge in [0.1, 0.15) is 5.75 Å². The van der Waals surface area contributed by atoms with Crippen molar-refractivity contribution in [3.05, 3.63) is 53.9 Å². The summed E-state index contributed by atoms with van der Waals surface area (Å²) in [6.07, 6.45) is 6.00. The molecule has 0 radical (unpaired) electrons. The minimum atomic E-state index is -0.436. The summed E-state index contributed by atoms with van der Waals surface area (Å²) in [6.45, 7) is 11.9. The number of carbonyl (C=O) groups is 2. The minimum Gasteiger partial charge on any atom is -0.490 e. The van der Waals surface area contributed by atoms with E-state index in [-0.39, 0.29) is 42.7 Å². The third-order valence-electron chi connectivity index (χ3n) is 7.42. The Labute approximate surface area is 250 Å². The van der Waals surface area contributed by atoms with Crippen molar-refractivity contribution in [3.63, 3.8) is 0 Å². The summed E-state index contributed by atoms with van der Waals surface area (Å²) < 4.78 is 12.7. The number of fused-ring (bicyclic) bond motifs is 1. The quantitative estimate of drug-likeness (QED) is 0.418. The Morgan fingerprint density at radius 3 is 2.60 bits per heavy atom. The highest BCUT2D eigenvalue weighted by atomic mass is 16.5. The van der Waals surface area contributed by atoms with E-state index in [1.54, 1.807) is 35.5 Å². The van der Waals surface area contributed by atoms with Gasteiger partial charge >= 0.3 is 6.03 Å². The smallest absolute Gasteiger partial charge is 0.319 e. The highest BCUT2D eigenvalue weighted by molar-refractivity contribution is 5.99. The molecule has 0 bridgehead atoms. The van der Waals surface area contributed by atoms with Crippen LogP contribution in [-0.4, -0.2) is 89.5 Å². The summed E-state index contributed by atoms with van der Waals surface area (Å²) in [7, 11) is 2.07. The van der Waals surface area contributed by atoms with Crippen molar-refractivity contribution in [1.82, 2.24) is 20.1 Å². The largest absolute Gasteiger partial charge is 0.490 e. The predicted octanol–water partition coefficient (Wildman–Crippen LogP) is 4.54. The van der Waals surface area contributed by atoms with Crippen molar-refractivity contribution in [2.24, 2.45) is 5.92 Å². The van der Waals surface area contributed by atoms with Crippen LogP contribution in [0.15, 0.2) is 42.7 Å². The average molecular weight is 584 g/mol. The SMILES string of the molecule is CC(C)NC(=O)Nc1ccc2c(c1)C(=O)N([C@H](C)CO)C[C@@H](C)[C@@H](CN(C)Cc1ccncc1)OCCCC[C@H](C)O2. The lowest BCUT2D eigenvalue weighted by Crippen LogP contribution is -2.47. The molecule has 3 N–H and O–H groups in total. The predicted molar refractivity (Wildman–Crippen MR) is 165 cm³/mol. The van der Waals surface area contributed by atoms with E-state index in [0.29, 0.717) is 36.7 Å². The molecule has 42 heavy (non-hydrogen) atoms. The summed E-state index contributed by atoms with van der Waals surface area (Å²) in [6, 6.07) is 8.34. The molecule has 1 aromatic carbocycles. The number of aliphatic hydroxyl groups is 1. The highest BCUT2D eigenvalue weighted by Gasteiger charge is 2.30. The number of urea groups is 1. The minimum absolute atomic E-state index is 0.0211.